The van der Waals surface area contributed by atoms with Crippen molar-refractivity contribution < 1.29 is 22.7 Å². The van der Waals surface area contributed by atoms with Gasteiger partial charge >= 0.3 is 0 Å². The van der Waals surface area contributed by atoms with Crippen molar-refractivity contribution in [2.45, 2.75) is 57.6 Å². The number of nitrogens with one attached hydrogen (secondary N) is 1. The van der Waals surface area contributed by atoms with Crippen molar-refractivity contribution in [2.24, 2.45) is 0 Å². The first-order valence-electron chi connectivity index (χ1n) is 12.9. The zero-order valence-electron chi connectivity index (χ0n) is 23.1. The molecule has 0 bridgehead atoms. The minimum Gasteiger partial charge on any atom is -0.497 e. The van der Waals surface area contributed by atoms with Crippen LogP contribution in [0.5, 0.6) is 5.75 Å². The van der Waals surface area contributed by atoms with Gasteiger partial charge in [0.1, 0.15) is 18.3 Å². The molecule has 1 N–H and O–H groups in total. The summed E-state index contributed by atoms with van der Waals surface area (Å²) in [6.07, 6.45) is 0.368. The Kier molecular flexibility index (Phi) is 10.1. The summed E-state index contributed by atoms with van der Waals surface area (Å²) in [6.45, 7) is 7.19. The number of carbonyl (C=O) groups is 2. The molecule has 0 heterocycles. The molecule has 208 valence electrons. The van der Waals surface area contributed by atoms with Gasteiger partial charge in [0.05, 0.1) is 17.7 Å². The summed E-state index contributed by atoms with van der Waals surface area (Å²) in [4.78, 5) is 28.7. The van der Waals surface area contributed by atoms with Gasteiger partial charge in [0.15, 0.2) is 0 Å². The monoisotopic (exact) mass is 551 g/mol. The fourth-order valence-corrected chi connectivity index (χ4v) is 5.72. The number of para-hydroxylation sites is 1. The van der Waals surface area contributed by atoms with E-state index in [9.17, 15) is 18.0 Å². The standard InChI is InChI=1S/C30H37N3O5S/c1-6-28(30(35)31-22(2)3)32(20-24-12-10-11-23(4)19-24)29(34)21-33(25-13-8-7-9-14-25)39(36,37)27-17-15-26(38-5)16-18-27/h7-19,22,28H,6,20-21H2,1-5H3,(H,31,35)/t28-/m0/s1. The number of hydrogen-bond donors (Lipinski definition) is 1. The SMILES string of the molecule is CC[C@@H](C(=O)NC(C)C)N(Cc1cccc(C)c1)C(=O)CN(c1ccccc1)S(=O)(=O)c1ccc(OC)cc1. The van der Waals surface area contributed by atoms with Crippen LogP contribution in [0.2, 0.25) is 0 Å². The van der Waals surface area contributed by atoms with E-state index in [1.165, 1.54) is 24.1 Å². The lowest BCUT2D eigenvalue weighted by atomic mass is 10.1. The minimum absolute atomic E-state index is 0.0229. The summed E-state index contributed by atoms with van der Waals surface area (Å²) < 4.78 is 34.0. The summed E-state index contributed by atoms with van der Waals surface area (Å²) in [5, 5.41) is 2.90. The molecule has 0 aliphatic carbocycles. The van der Waals surface area contributed by atoms with Crippen molar-refractivity contribution >= 4 is 27.5 Å². The van der Waals surface area contributed by atoms with Crippen LogP contribution in [0.25, 0.3) is 0 Å². The maximum atomic E-state index is 14.0. The van der Waals surface area contributed by atoms with Crippen LogP contribution >= 0.6 is 0 Å². The lowest BCUT2D eigenvalue weighted by Gasteiger charge is -2.33. The zero-order chi connectivity index (χ0) is 28.6. The van der Waals surface area contributed by atoms with Crippen molar-refractivity contribution in [3.8, 4) is 5.75 Å². The van der Waals surface area contributed by atoms with Crippen molar-refractivity contribution in [1.82, 2.24) is 10.2 Å². The molecule has 9 heteroatoms. The Balaban J connectivity index is 2.04. The number of ether oxygens (including phenoxy) is 1. The number of nitrogens with zero attached hydrogens (tertiary/aromatic N) is 2. The summed E-state index contributed by atoms with van der Waals surface area (Å²) in [7, 11) is -2.63. The molecule has 0 saturated carbocycles. The van der Waals surface area contributed by atoms with Crippen LogP contribution in [0.1, 0.15) is 38.3 Å². The molecule has 0 aromatic heterocycles. The zero-order valence-corrected chi connectivity index (χ0v) is 23.9. The lowest BCUT2D eigenvalue weighted by Crippen LogP contribution is -2.53. The van der Waals surface area contributed by atoms with Gasteiger partial charge in [-0.25, -0.2) is 8.42 Å². The highest BCUT2D eigenvalue weighted by atomic mass is 32.2. The van der Waals surface area contributed by atoms with E-state index in [1.54, 1.807) is 42.5 Å². The number of hydrogen-bond acceptors (Lipinski definition) is 5. The second-order valence-electron chi connectivity index (χ2n) is 9.62. The highest BCUT2D eigenvalue weighted by Gasteiger charge is 2.33. The molecule has 39 heavy (non-hydrogen) atoms. The molecule has 0 aliphatic rings. The molecule has 2 amide bonds. The summed E-state index contributed by atoms with van der Waals surface area (Å²) >= 11 is 0. The predicted molar refractivity (Wildman–Crippen MR) is 153 cm³/mol. The maximum absolute atomic E-state index is 14.0. The second kappa shape index (κ2) is 13.3. The van der Waals surface area contributed by atoms with Crippen LogP contribution in [0.4, 0.5) is 5.69 Å². The van der Waals surface area contributed by atoms with Crippen LogP contribution in [-0.2, 0) is 26.2 Å². The molecule has 1 atom stereocenters. The second-order valence-corrected chi connectivity index (χ2v) is 11.5. The van der Waals surface area contributed by atoms with Crippen LogP contribution in [0, 0.1) is 6.92 Å². The van der Waals surface area contributed by atoms with Gasteiger partial charge in [0, 0.05) is 12.6 Å². The maximum Gasteiger partial charge on any atom is 0.264 e. The Morgan fingerprint density at radius 3 is 2.18 bits per heavy atom. The Bertz CT molecular complexity index is 1360. The number of benzene rings is 3. The van der Waals surface area contributed by atoms with Crippen LogP contribution in [-0.4, -0.2) is 50.9 Å². The Morgan fingerprint density at radius 1 is 0.949 bits per heavy atom. The van der Waals surface area contributed by atoms with E-state index in [-0.39, 0.29) is 23.4 Å². The third kappa shape index (κ3) is 7.60. The van der Waals surface area contributed by atoms with Crippen molar-refractivity contribution in [2.75, 3.05) is 18.0 Å². The van der Waals surface area contributed by atoms with Gasteiger partial charge in [-0.05, 0) is 69.2 Å². The van der Waals surface area contributed by atoms with E-state index < -0.39 is 28.5 Å². The van der Waals surface area contributed by atoms with E-state index in [0.29, 0.717) is 17.9 Å². The fraction of sp³-hybridized carbons (Fsp3) is 0.333. The molecule has 0 spiro atoms. The number of methoxy groups -OCH3 is 1. The van der Waals surface area contributed by atoms with Gasteiger partial charge in [0.2, 0.25) is 11.8 Å². The van der Waals surface area contributed by atoms with Gasteiger partial charge in [0.25, 0.3) is 10.0 Å². The minimum atomic E-state index is -4.13. The van der Waals surface area contributed by atoms with Gasteiger partial charge < -0.3 is 15.0 Å². The third-order valence-corrected chi connectivity index (χ3v) is 8.01. The van der Waals surface area contributed by atoms with Crippen molar-refractivity contribution in [1.29, 1.82) is 0 Å². The molecule has 0 aliphatic heterocycles. The Hall–Kier alpha value is -3.85. The lowest BCUT2D eigenvalue weighted by molar-refractivity contribution is -0.140. The third-order valence-electron chi connectivity index (χ3n) is 6.22. The quantitative estimate of drug-likeness (QED) is 0.357. The van der Waals surface area contributed by atoms with E-state index in [1.807, 2.05) is 52.0 Å². The number of amides is 2. The van der Waals surface area contributed by atoms with Crippen LogP contribution in [0.3, 0.4) is 0 Å². The molecule has 0 fully saturated rings. The molecule has 0 radical (unpaired) electrons. The topological polar surface area (TPSA) is 96.0 Å². The van der Waals surface area contributed by atoms with Crippen LogP contribution in [0.15, 0.2) is 83.8 Å². The highest BCUT2D eigenvalue weighted by molar-refractivity contribution is 7.92. The molecular formula is C30H37N3O5S. The fourth-order valence-electron chi connectivity index (χ4n) is 4.31. The number of rotatable bonds is 12. The average Bonchev–Trinajstić information content (AvgIpc) is 2.91. The van der Waals surface area contributed by atoms with Gasteiger partial charge in [-0.2, -0.15) is 0 Å². The van der Waals surface area contributed by atoms with Crippen molar-refractivity contribution in [3.05, 3.63) is 90.0 Å². The molecule has 8 nitrogen and oxygen atoms in total. The number of anilines is 1. The van der Waals surface area contributed by atoms with E-state index in [2.05, 4.69) is 5.32 Å². The highest BCUT2D eigenvalue weighted by Crippen LogP contribution is 2.26. The summed E-state index contributed by atoms with van der Waals surface area (Å²) in [5.41, 5.74) is 2.22. The van der Waals surface area contributed by atoms with E-state index in [4.69, 9.17) is 4.74 Å². The first kappa shape index (κ1) is 29.7. The summed E-state index contributed by atoms with van der Waals surface area (Å²) in [5.74, 6) is -0.247. The predicted octanol–water partition coefficient (Wildman–Crippen LogP) is 4.53. The van der Waals surface area contributed by atoms with Gasteiger partial charge in [-0.15, -0.1) is 0 Å². The number of sulfonamides is 1. The molecular weight excluding hydrogens is 514 g/mol. The first-order chi connectivity index (χ1) is 18.6. The molecule has 0 unspecified atom stereocenters. The summed E-state index contributed by atoms with van der Waals surface area (Å²) in [6, 6.07) is 21.3. The molecule has 3 aromatic carbocycles. The number of carbonyl (C=O) groups excluding carboxylic acids is 2. The average molecular weight is 552 g/mol. The van der Waals surface area contributed by atoms with Gasteiger partial charge in [-0.3, -0.25) is 13.9 Å². The molecule has 3 aromatic rings. The Morgan fingerprint density at radius 2 is 1.62 bits per heavy atom. The molecule has 0 saturated heterocycles. The van der Waals surface area contributed by atoms with Crippen LogP contribution < -0.4 is 14.4 Å². The molecule has 3 rings (SSSR count). The smallest absolute Gasteiger partial charge is 0.264 e. The Labute approximate surface area is 231 Å². The van der Waals surface area contributed by atoms with Gasteiger partial charge in [-0.1, -0.05) is 55.0 Å². The first-order valence-corrected chi connectivity index (χ1v) is 14.4. The van der Waals surface area contributed by atoms with Crippen molar-refractivity contribution in [3.63, 3.8) is 0 Å². The van der Waals surface area contributed by atoms with E-state index in [0.717, 1.165) is 15.4 Å². The van der Waals surface area contributed by atoms with E-state index >= 15 is 0 Å². The largest absolute Gasteiger partial charge is 0.497 e. The normalized spacial score (nSPS) is 12.1. The number of aryl methyl sites for hydroxylation is 1.